The number of carboxylic acid groups (broad SMARTS) is 1. The van der Waals surface area contributed by atoms with Crippen molar-refractivity contribution in [2.24, 2.45) is 5.92 Å². The maximum absolute atomic E-state index is 11.4. The van der Waals surface area contributed by atoms with Gasteiger partial charge in [0, 0.05) is 17.5 Å². The zero-order valence-electron chi connectivity index (χ0n) is 10.6. The highest BCUT2D eigenvalue weighted by Crippen LogP contribution is 2.46. The van der Waals surface area contributed by atoms with Gasteiger partial charge in [-0.2, -0.15) is 0 Å². The lowest BCUT2D eigenvalue weighted by Crippen LogP contribution is -2.42. The van der Waals surface area contributed by atoms with Crippen molar-refractivity contribution in [2.45, 2.75) is 32.2 Å². The minimum absolute atomic E-state index is 0.150. The first-order chi connectivity index (χ1) is 8.59. The molecular weight excluding hydrogens is 226 g/mol. The summed E-state index contributed by atoms with van der Waals surface area (Å²) < 4.78 is 0. The Morgan fingerprint density at radius 2 is 2.17 bits per heavy atom. The SMILES string of the molecule is Cc1ccc2c(c1C)N[C@H](C(=O)O)[C@@H]1CC=C[C@@H]21. The fourth-order valence-electron chi connectivity index (χ4n) is 3.16. The van der Waals surface area contributed by atoms with Crippen LogP contribution in [0.3, 0.4) is 0 Å². The maximum Gasteiger partial charge on any atom is 0.326 e. The molecule has 1 aromatic rings. The summed E-state index contributed by atoms with van der Waals surface area (Å²) >= 11 is 0. The minimum Gasteiger partial charge on any atom is -0.480 e. The second-order valence-electron chi connectivity index (χ2n) is 5.29. The molecule has 1 aliphatic carbocycles. The highest BCUT2D eigenvalue weighted by molar-refractivity contribution is 5.81. The standard InChI is InChI=1S/C15H17NO2/c1-8-6-7-12-10-4-3-5-11(10)14(15(17)18)16-13(12)9(8)2/h3-4,6-7,10-11,14,16H,5H2,1-2H3,(H,17,18)/t10-,11-,14+/m1/s1. The Morgan fingerprint density at radius 3 is 2.89 bits per heavy atom. The summed E-state index contributed by atoms with van der Waals surface area (Å²) in [4.78, 5) is 11.4. The molecule has 1 aromatic carbocycles. The normalized spacial score (nSPS) is 28.4. The van der Waals surface area contributed by atoms with Crippen LogP contribution in [0.2, 0.25) is 0 Å². The van der Waals surface area contributed by atoms with Crippen LogP contribution in [0.5, 0.6) is 0 Å². The van der Waals surface area contributed by atoms with Gasteiger partial charge in [-0.3, -0.25) is 0 Å². The van der Waals surface area contributed by atoms with E-state index in [0.29, 0.717) is 0 Å². The number of aliphatic carboxylic acids is 1. The highest BCUT2D eigenvalue weighted by Gasteiger charge is 2.41. The fraction of sp³-hybridized carbons (Fsp3) is 0.400. The number of allylic oxidation sites excluding steroid dienone is 2. The summed E-state index contributed by atoms with van der Waals surface area (Å²) in [6.45, 7) is 4.11. The van der Waals surface area contributed by atoms with Gasteiger partial charge in [-0.15, -0.1) is 0 Å². The lowest BCUT2D eigenvalue weighted by molar-refractivity contribution is -0.139. The van der Waals surface area contributed by atoms with Crippen molar-refractivity contribution >= 4 is 11.7 Å². The van der Waals surface area contributed by atoms with Crippen LogP contribution >= 0.6 is 0 Å². The zero-order valence-corrected chi connectivity index (χ0v) is 10.6. The number of rotatable bonds is 1. The Kier molecular flexibility index (Phi) is 2.44. The lowest BCUT2D eigenvalue weighted by atomic mass is 9.78. The predicted octanol–water partition coefficient (Wildman–Crippen LogP) is 2.84. The third kappa shape index (κ3) is 1.47. The van der Waals surface area contributed by atoms with Crippen molar-refractivity contribution in [1.29, 1.82) is 0 Å². The summed E-state index contributed by atoms with van der Waals surface area (Å²) in [5.41, 5.74) is 4.63. The number of carboxylic acids is 1. The molecule has 3 nitrogen and oxygen atoms in total. The smallest absolute Gasteiger partial charge is 0.326 e. The molecular formula is C15H17NO2. The van der Waals surface area contributed by atoms with Crippen LogP contribution in [0.15, 0.2) is 24.3 Å². The zero-order chi connectivity index (χ0) is 12.9. The number of nitrogens with one attached hydrogen (secondary N) is 1. The van der Waals surface area contributed by atoms with Crippen molar-refractivity contribution in [2.75, 3.05) is 5.32 Å². The van der Waals surface area contributed by atoms with E-state index < -0.39 is 12.0 Å². The lowest BCUT2D eigenvalue weighted by Gasteiger charge is -2.36. The Hall–Kier alpha value is -1.77. The van der Waals surface area contributed by atoms with E-state index in [1.807, 2.05) is 0 Å². The predicted molar refractivity (Wildman–Crippen MR) is 71.0 cm³/mol. The van der Waals surface area contributed by atoms with Crippen LogP contribution in [0.25, 0.3) is 0 Å². The van der Waals surface area contributed by atoms with Crippen LogP contribution in [0.1, 0.15) is 29.0 Å². The second-order valence-corrected chi connectivity index (χ2v) is 5.29. The molecule has 0 unspecified atom stereocenters. The monoisotopic (exact) mass is 243 g/mol. The molecule has 3 heteroatoms. The van der Waals surface area contributed by atoms with Crippen molar-refractivity contribution in [3.05, 3.63) is 41.0 Å². The summed E-state index contributed by atoms with van der Waals surface area (Å²) in [5, 5.41) is 12.6. The molecule has 0 aromatic heterocycles. The van der Waals surface area contributed by atoms with Gasteiger partial charge in [-0.25, -0.2) is 4.79 Å². The van der Waals surface area contributed by atoms with Crippen molar-refractivity contribution < 1.29 is 9.90 Å². The molecule has 1 aliphatic heterocycles. The van der Waals surface area contributed by atoms with E-state index in [4.69, 9.17) is 0 Å². The number of aryl methyl sites for hydroxylation is 1. The van der Waals surface area contributed by atoms with E-state index >= 15 is 0 Å². The van der Waals surface area contributed by atoms with Crippen molar-refractivity contribution in [3.63, 3.8) is 0 Å². The quantitative estimate of drug-likeness (QED) is 0.746. The van der Waals surface area contributed by atoms with E-state index in [1.165, 1.54) is 11.1 Å². The molecule has 3 rings (SSSR count). The van der Waals surface area contributed by atoms with Crippen molar-refractivity contribution in [1.82, 2.24) is 0 Å². The number of anilines is 1. The molecule has 0 fully saturated rings. The van der Waals surface area contributed by atoms with Gasteiger partial charge in [0.2, 0.25) is 0 Å². The highest BCUT2D eigenvalue weighted by atomic mass is 16.4. The summed E-state index contributed by atoms with van der Waals surface area (Å²) in [5.74, 6) is -0.348. The Morgan fingerprint density at radius 1 is 1.39 bits per heavy atom. The number of hydrogen-bond acceptors (Lipinski definition) is 2. The molecule has 0 saturated carbocycles. The largest absolute Gasteiger partial charge is 0.480 e. The van der Waals surface area contributed by atoms with Gasteiger partial charge in [0.25, 0.3) is 0 Å². The van der Waals surface area contributed by atoms with Crippen LogP contribution in [0, 0.1) is 19.8 Å². The maximum atomic E-state index is 11.4. The number of hydrogen-bond donors (Lipinski definition) is 2. The van der Waals surface area contributed by atoms with Gasteiger partial charge < -0.3 is 10.4 Å². The molecule has 3 atom stereocenters. The van der Waals surface area contributed by atoms with Gasteiger partial charge in [0.1, 0.15) is 6.04 Å². The van der Waals surface area contributed by atoms with Gasteiger partial charge in [0.05, 0.1) is 0 Å². The first kappa shape index (κ1) is 11.3. The minimum atomic E-state index is -0.750. The third-order valence-electron chi connectivity index (χ3n) is 4.33. The summed E-state index contributed by atoms with van der Waals surface area (Å²) in [6.07, 6.45) is 5.12. The van der Waals surface area contributed by atoms with E-state index in [9.17, 15) is 9.90 Å². The molecule has 0 radical (unpaired) electrons. The molecule has 0 bridgehead atoms. The average Bonchev–Trinajstić information content (AvgIpc) is 2.81. The molecule has 2 aliphatic rings. The molecule has 1 heterocycles. The molecule has 94 valence electrons. The fourth-order valence-corrected chi connectivity index (χ4v) is 3.16. The average molecular weight is 243 g/mol. The van der Waals surface area contributed by atoms with Crippen LogP contribution < -0.4 is 5.32 Å². The molecule has 0 saturated heterocycles. The third-order valence-corrected chi connectivity index (χ3v) is 4.33. The van der Waals surface area contributed by atoms with Crippen LogP contribution in [0.4, 0.5) is 5.69 Å². The summed E-state index contributed by atoms with van der Waals surface area (Å²) in [7, 11) is 0. The van der Waals surface area contributed by atoms with Crippen LogP contribution in [-0.4, -0.2) is 17.1 Å². The van der Waals surface area contributed by atoms with Gasteiger partial charge in [-0.05, 0) is 37.0 Å². The van der Waals surface area contributed by atoms with Gasteiger partial charge in [-0.1, -0.05) is 24.3 Å². The van der Waals surface area contributed by atoms with Crippen LogP contribution in [-0.2, 0) is 4.79 Å². The Labute approximate surface area is 107 Å². The molecule has 0 amide bonds. The van der Waals surface area contributed by atoms with E-state index in [1.54, 1.807) is 0 Å². The number of fused-ring (bicyclic) bond motifs is 3. The van der Waals surface area contributed by atoms with E-state index in [0.717, 1.165) is 17.7 Å². The molecule has 0 spiro atoms. The van der Waals surface area contributed by atoms with E-state index in [-0.39, 0.29) is 11.8 Å². The van der Waals surface area contributed by atoms with E-state index in [2.05, 4.69) is 43.4 Å². The number of benzene rings is 1. The van der Waals surface area contributed by atoms with Gasteiger partial charge >= 0.3 is 5.97 Å². The Bertz CT molecular complexity index is 548. The first-order valence-corrected chi connectivity index (χ1v) is 6.35. The molecule has 2 N–H and O–H groups in total. The van der Waals surface area contributed by atoms with Crippen molar-refractivity contribution in [3.8, 4) is 0 Å². The summed E-state index contributed by atoms with van der Waals surface area (Å²) in [6, 6.07) is 3.79. The first-order valence-electron chi connectivity index (χ1n) is 6.35. The molecule has 18 heavy (non-hydrogen) atoms. The second kappa shape index (κ2) is 3.87. The number of carbonyl (C=O) groups is 1. The topological polar surface area (TPSA) is 49.3 Å². The van der Waals surface area contributed by atoms with Gasteiger partial charge in [0.15, 0.2) is 0 Å². The Balaban J connectivity index is 2.14.